The summed E-state index contributed by atoms with van der Waals surface area (Å²) in [7, 11) is 0. The van der Waals surface area contributed by atoms with E-state index in [1.165, 1.54) is 0 Å². The van der Waals surface area contributed by atoms with Crippen molar-refractivity contribution in [2.24, 2.45) is 4.99 Å². The standard InChI is InChI=1S/C14H18N2O2/c1-2-13(17-9-1)10-18-12-5-3-11(4-6-12)14-15-7-8-16-14/h3-6,13H,1-2,7-10H2,(H,15,16). The molecule has 18 heavy (non-hydrogen) atoms. The highest BCUT2D eigenvalue weighted by Crippen LogP contribution is 2.17. The molecule has 96 valence electrons. The van der Waals surface area contributed by atoms with Gasteiger partial charge in [-0.25, -0.2) is 0 Å². The zero-order valence-corrected chi connectivity index (χ0v) is 10.4. The Kier molecular flexibility index (Phi) is 3.46. The van der Waals surface area contributed by atoms with E-state index in [0.29, 0.717) is 6.61 Å². The predicted molar refractivity (Wildman–Crippen MR) is 70.3 cm³/mol. The van der Waals surface area contributed by atoms with Crippen LogP contribution in [0.15, 0.2) is 29.3 Å². The van der Waals surface area contributed by atoms with Gasteiger partial charge in [0, 0.05) is 18.7 Å². The predicted octanol–water partition coefficient (Wildman–Crippen LogP) is 1.59. The topological polar surface area (TPSA) is 42.9 Å². The van der Waals surface area contributed by atoms with Gasteiger partial charge in [0.2, 0.25) is 0 Å². The Labute approximate surface area is 107 Å². The van der Waals surface area contributed by atoms with Crippen LogP contribution in [0.4, 0.5) is 0 Å². The molecule has 4 nitrogen and oxygen atoms in total. The van der Waals surface area contributed by atoms with E-state index in [1.807, 2.05) is 24.3 Å². The summed E-state index contributed by atoms with van der Waals surface area (Å²) in [4.78, 5) is 4.39. The average Bonchev–Trinajstić information content (AvgIpc) is 3.10. The third-order valence-electron chi connectivity index (χ3n) is 3.26. The lowest BCUT2D eigenvalue weighted by molar-refractivity contribution is 0.0679. The van der Waals surface area contributed by atoms with Crippen molar-refractivity contribution >= 4 is 5.84 Å². The summed E-state index contributed by atoms with van der Waals surface area (Å²) < 4.78 is 11.2. The minimum Gasteiger partial charge on any atom is -0.491 e. The van der Waals surface area contributed by atoms with Crippen molar-refractivity contribution in [1.29, 1.82) is 0 Å². The maximum atomic E-state index is 5.72. The Bertz CT molecular complexity index is 422. The second kappa shape index (κ2) is 5.40. The molecule has 1 N–H and O–H groups in total. The molecule has 1 aromatic rings. The largest absolute Gasteiger partial charge is 0.491 e. The van der Waals surface area contributed by atoms with Crippen molar-refractivity contribution in [3.05, 3.63) is 29.8 Å². The van der Waals surface area contributed by atoms with Gasteiger partial charge in [-0.2, -0.15) is 0 Å². The quantitative estimate of drug-likeness (QED) is 0.877. The van der Waals surface area contributed by atoms with Crippen molar-refractivity contribution in [3.8, 4) is 5.75 Å². The zero-order chi connectivity index (χ0) is 12.2. The third kappa shape index (κ3) is 2.64. The molecule has 1 atom stereocenters. The van der Waals surface area contributed by atoms with Gasteiger partial charge in [-0.15, -0.1) is 0 Å². The van der Waals surface area contributed by atoms with Crippen LogP contribution in [-0.4, -0.2) is 38.2 Å². The van der Waals surface area contributed by atoms with Crippen LogP contribution in [0.5, 0.6) is 5.75 Å². The summed E-state index contributed by atoms with van der Waals surface area (Å²) in [6.45, 7) is 3.33. The van der Waals surface area contributed by atoms with Gasteiger partial charge in [0.05, 0.1) is 12.6 Å². The SMILES string of the molecule is c1cc(C2=NCCN2)ccc1OCC1CCCO1. The normalized spacial score (nSPS) is 22.7. The maximum Gasteiger partial charge on any atom is 0.128 e. The first kappa shape index (κ1) is 11.5. The molecule has 0 aliphatic carbocycles. The van der Waals surface area contributed by atoms with Crippen LogP contribution in [0.2, 0.25) is 0 Å². The van der Waals surface area contributed by atoms with Crippen LogP contribution in [0, 0.1) is 0 Å². The number of hydrogen-bond acceptors (Lipinski definition) is 4. The van der Waals surface area contributed by atoms with Gasteiger partial charge in [0.15, 0.2) is 0 Å². The van der Waals surface area contributed by atoms with Crippen LogP contribution in [0.1, 0.15) is 18.4 Å². The van der Waals surface area contributed by atoms with E-state index >= 15 is 0 Å². The summed E-state index contributed by atoms with van der Waals surface area (Å²) in [5.41, 5.74) is 1.12. The van der Waals surface area contributed by atoms with Gasteiger partial charge in [-0.05, 0) is 37.1 Å². The average molecular weight is 246 g/mol. The summed E-state index contributed by atoms with van der Waals surface area (Å²) in [5, 5.41) is 3.26. The van der Waals surface area contributed by atoms with Gasteiger partial charge < -0.3 is 14.8 Å². The zero-order valence-electron chi connectivity index (χ0n) is 10.4. The second-order valence-corrected chi connectivity index (χ2v) is 4.63. The van der Waals surface area contributed by atoms with E-state index < -0.39 is 0 Å². The monoisotopic (exact) mass is 246 g/mol. The van der Waals surface area contributed by atoms with Crippen LogP contribution in [0.3, 0.4) is 0 Å². The van der Waals surface area contributed by atoms with Crippen molar-refractivity contribution in [2.45, 2.75) is 18.9 Å². The van der Waals surface area contributed by atoms with Gasteiger partial charge in [-0.1, -0.05) is 0 Å². The van der Waals surface area contributed by atoms with E-state index in [-0.39, 0.29) is 6.10 Å². The van der Waals surface area contributed by atoms with E-state index in [9.17, 15) is 0 Å². The number of aliphatic imine (C=N–C) groups is 1. The molecule has 1 fully saturated rings. The molecule has 1 saturated heterocycles. The lowest BCUT2D eigenvalue weighted by Crippen LogP contribution is -2.19. The fraction of sp³-hybridized carbons (Fsp3) is 0.500. The van der Waals surface area contributed by atoms with Crippen molar-refractivity contribution in [2.75, 3.05) is 26.3 Å². The Morgan fingerprint density at radius 1 is 1.33 bits per heavy atom. The molecule has 0 aromatic heterocycles. The van der Waals surface area contributed by atoms with Gasteiger partial charge in [-0.3, -0.25) is 4.99 Å². The lowest BCUT2D eigenvalue weighted by atomic mass is 10.2. The Hall–Kier alpha value is -1.55. The molecule has 1 unspecified atom stereocenters. The number of nitrogens with zero attached hydrogens (tertiary/aromatic N) is 1. The van der Waals surface area contributed by atoms with E-state index in [2.05, 4.69) is 10.3 Å². The number of benzene rings is 1. The molecule has 0 saturated carbocycles. The number of hydrogen-bond donors (Lipinski definition) is 1. The highest BCUT2D eigenvalue weighted by Gasteiger charge is 2.16. The number of ether oxygens (including phenoxy) is 2. The minimum absolute atomic E-state index is 0.269. The fourth-order valence-corrected chi connectivity index (χ4v) is 2.27. The summed E-state index contributed by atoms with van der Waals surface area (Å²) in [5.74, 6) is 1.88. The minimum atomic E-state index is 0.269. The summed E-state index contributed by atoms with van der Waals surface area (Å²) >= 11 is 0. The van der Waals surface area contributed by atoms with Crippen LogP contribution < -0.4 is 10.1 Å². The Morgan fingerprint density at radius 3 is 2.89 bits per heavy atom. The number of nitrogens with one attached hydrogen (secondary N) is 1. The van der Waals surface area contributed by atoms with Crippen LogP contribution in [-0.2, 0) is 4.74 Å². The molecule has 2 aliphatic rings. The number of amidine groups is 1. The molecule has 0 bridgehead atoms. The fourth-order valence-electron chi connectivity index (χ4n) is 2.27. The third-order valence-corrected chi connectivity index (χ3v) is 3.26. The first-order valence-corrected chi connectivity index (χ1v) is 6.55. The van der Waals surface area contributed by atoms with Crippen LogP contribution in [0.25, 0.3) is 0 Å². The molecule has 2 aliphatic heterocycles. The van der Waals surface area contributed by atoms with Crippen molar-refractivity contribution in [1.82, 2.24) is 5.32 Å². The molecule has 1 aromatic carbocycles. The summed E-state index contributed by atoms with van der Waals surface area (Å²) in [6, 6.07) is 8.07. The molecular formula is C14H18N2O2. The molecule has 4 heteroatoms. The van der Waals surface area contributed by atoms with Crippen LogP contribution >= 0.6 is 0 Å². The highest BCUT2D eigenvalue weighted by molar-refractivity contribution is 5.99. The number of rotatable bonds is 4. The van der Waals surface area contributed by atoms with Gasteiger partial charge in [0.25, 0.3) is 0 Å². The molecule has 2 heterocycles. The van der Waals surface area contributed by atoms with E-state index in [4.69, 9.17) is 9.47 Å². The van der Waals surface area contributed by atoms with E-state index in [1.54, 1.807) is 0 Å². The summed E-state index contributed by atoms with van der Waals surface area (Å²) in [6.07, 6.45) is 2.53. The molecule has 0 amide bonds. The molecular weight excluding hydrogens is 228 g/mol. The van der Waals surface area contributed by atoms with Gasteiger partial charge in [0.1, 0.15) is 18.2 Å². The second-order valence-electron chi connectivity index (χ2n) is 4.63. The maximum absolute atomic E-state index is 5.72. The first-order chi connectivity index (χ1) is 8.92. The smallest absolute Gasteiger partial charge is 0.128 e. The Morgan fingerprint density at radius 2 is 2.22 bits per heavy atom. The Balaban J connectivity index is 1.56. The van der Waals surface area contributed by atoms with E-state index in [0.717, 1.165) is 49.7 Å². The lowest BCUT2D eigenvalue weighted by Gasteiger charge is -2.11. The highest BCUT2D eigenvalue weighted by atomic mass is 16.5. The van der Waals surface area contributed by atoms with Gasteiger partial charge >= 0.3 is 0 Å². The molecule has 0 radical (unpaired) electrons. The molecule has 0 spiro atoms. The first-order valence-electron chi connectivity index (χ1n) is 6.55. The molecule has 3 rings (SSSR count). The van der Waals surface area contributed by atoms with Crippen molar-refractivity contribution in [3.63, 3.8) is 0 Å². The van der Waals surface area contributed by atoms with Crippen molar-refractivity contribution < 1.29 is 9.47 Å².